The molecule has 0 spiro atoms. The molecule has 0 unspecified atom stereocenters. The lowest BCUT2D eigenvalue weighted by Crippen LogP contribution is -2.23. The van der Waals surface area contributed by atoms with Crippen LogP contribution in [0.25, 0.3) is 0 Å². The summed E-state index contributed by atoms with van der Waals surface area (Å²) in [5.41, 5.74) is -0.0412. The summed E-state index contributed by atoms with van der Waals surface area (Å²) in [4.78, 5) is 21.7. The minimum Gasteiger partial charge on any atom is -0.507 e. The Balaban J connectivity index is 1.82. The van der Waals surface area contributed by atoms with Crippen molar-refractivity contribution in [3.05, 3.63) is 17.2 Å². The number of phenolic OH excluding ortho intramolecular Hbond substituents is 3. The fourth-order valence-electron chi connectivity index (χ4n) is 3.95. The topological polar surface area (TPSA) is 124 Å². The molecular weight excluding hydrogens is 400 g/mol. The summed E-state index contributed by atoms with van der Waals surface area (Å²) in [6.45, 7) is 3.95. The molecule has 0 heterocycles. The van der Waals surface area contributed by atoms with Crippen LogP contribution in [0.2, 0.25) is 0 Å². The van der Waals surface area contributed by atoms with Crippen molar-refractivity contribution in [2.45, 2.75) is 96.5 Å². The molecule has 0 atom stereocenters. The monoisotopic (exact) mass is 436 g/mol. The van der Waals surface area contributed by atoms with Gasteiger partial charge in [0.2, 0.25) is 0 Å². The lowest BCUT2D eigenvalue weighted by atomic mass is 9.87. The second-order valence-corrected chi connectivity index (χ2v) is 9.44. The lowest BCUT2D eigenvalue weighted by molar-refractivity contribution is -0.147. The average Bonchev–Trinajstić information content (AvgIpc) is 3.47. The number of hydrogen-bond donors (Lipinski definition) is 4. The number of aromatic hydroxyl groups is 3. The molecule has 174 valence electrons. The molecule has 1 aliphatic rings. The maximum absolute atomic E-state index is 11.2. The molecule has 7 nitrogen and oxygen atoms in total. The van der Waals surface area contributed by atoms with E-state index in [4.69, 9.17) is 9.84 Å². The second-order valence-electron chi connectivity index (χ2n) is 9.44. The summed E-state index contributed by atoms with van der Waals surface area (Å²) in [6, 6.07) is 1.41. The highest BCUT2D eigenvalue weighted by molar-refractivity contribution is 5.73. The Hall–Kier alpha value is -2.44. The zero-order valence-corrected chi connectivity index (χ0v) is 18.7. The van der Waals surface area contributed by atoms with Crippen molar-refractivity contribution in [1.29, 1.82) is 0 Å². The SMILES string of the molecule is CC(C)(CCCCCc1cc(O)c(O)c(CCCCCC2(OC=O)CC2)c1O)C(=O)O. The molecule has 0 aromatic heterocycles. The number of aryl methyl sites for hydroxylation is 1. The second kappa shape index (κ2) is 10.7. The van der Waals surface area contributed by atoms with E-state index < -0.39 is 11.4 Å². The van der Waals surface area contributed by atoms with Crippen LogP contribution < -0.4 is 0 Å². The summed E-state index contributed by atoms with van der Waals surface area (Å²) in [5, 5.41) is 40.0. The van der Waals surface area contributed by atoms with Crippen molar-refractivity contribution in [3.63, 3.8) is 0 Å². The van der Waals surface area contributed by atoms with Gasteiger partial charge in [0.15, 0.2) is 11.5 Å². The van der Waals surface area contributed by atoms with Crippen LogP contribution in [0.4, 0.5) is 0 Å². The van der Waals surface area contributed by atoms with Gasteiger partial charge in [-0.1, -0.05) is 19.3 Å². The molecule has 4 N–H and O–H groups in total. The molecule has 0 saturated heterocycles. The van der Waals surface area contributed by atoms with Gasteiger partial charge < -0.3 is 25.2 Å². The fourth-order valence-corrected chi connectivity index (χ4v) is 3.95. The Morgan fingerprint density at radius 3 is 2.29 bits per heavy atom. The number of ether oxygens (including phenoxy) is 1. The van der Waals surface area contributed by atoms with Crippen LogP contribution in [0.5, 0.6) is 17.2 Å². The zero-order chi connectivity index (χ0) is 23.1. The first-order chi connectivity index (χ1) is 14.6. The summed E-state index contributed by atoms with van der Waals surface area (Å²) in [5.74, 6) is -1.27. The molecule has 0 bridgehead atoms. The molecule has 2 rings (SSSR count). The average molecular weight is 437 g/mol. The highest BCUT2D eigenvalue weighted by Gasteiger charge is 2.44. The van der Waals surface area contributed by atoms with Crippen molar-refractivity contribution >= 4 is 12.4 Å². The van der Waals surface area contributed by atoms with Gasteiger partial charge in [-0.25, -0.2) is 0 Å². The molecule has 0 aliphatic heterocycles. The van der Waals surface area contributed by atoms with E-state index in [-0.39, 0.29) is 22.8 Å². The van der Waals surface area contributed by atoms with E-state index >= 15 is 0 Å². The van der Waals surface area contributed by atoms with Crippen LogP contribution in [-0.2, 0) is 27.2 Å². The van der Waals surface area contributed by atoms with Crippen molar-refractivity contribution in [3.8, 4) is 17.2 Å². The lowest BCUT2D eigenvalue weighted by Gasteiger charge is -2.18. The van der Waals surface area contributed by atoms with E-state index in [9.17, 15) is 24.9 Å². The van der Waals surface area contributed by atoms with Crippen molar-refractivity contribution < 1.29 is 34.8 Å². The molecule has 1 saturated carbocycles. The Morgan fingerprint density at radius 2 is 1.68 bits per heavy atom. The molecule has 0 amide bonds. The quantitative estimate of drug-likeness (QED) is 0.134. The van der Waals surface area contributed by atoms with Crippen molar-refractivity contribution in [2.75, 3.05) is 0 Å². The van der Waals surface area contributed by atoms with Crippen LogP contribution in [0.1, 0.15) is 89.2 Å². The molecular formula is C24H36O7. The smallest absolute Gasteiger partial charge is 0.309 e. The maximum atomic E-state index is 11.2. The first-order valence-corrected chi connectivity index (χ1v) is 11.2. The normalized spacial score (nSPS) is 14.9. The van der Waals surface area contributed by atoms with Crippen LogP contribution in [-0.4, -0.2) is 38.5 Å². The largest absolute Gasteiger partial charge is 0.507 e. The third-order valence-electron chi connectivity index (χ3n) is 6.42. The third-order valence-corrected chi connectivity index (χ3v) is 6.42. The Bertz CT molecular complexity index is 766. The highest BCUT2D eigenvalue weighted by Crippen LogP contribution is 2.44. The van der Waals surface area contributed by atoms with Crippen molar-refractivity contribution in [1.82, 2.24) is 0 Å². The Labute approximate surface area is 184 Å². The summed E-state index contributed by atoms with van der Waals surface area (Å²) in [6.07, 6.45) is 9.09. The molecule has 1 aromatic carbocycles. The van der Waals surface area contributed by atoms with E-state index in [2.05, 4.69) is 0 Å². The summed E-state index contributed by atoms with van der Waals surface area (Å²) >= 11 is 0. The Kier molecular flexibility index (Phi) is 8.60. The predicted molar refractivity (Wildman–Crippen MR) is 116 cm³/mol. The number of unbranched alkanes of at least 4 members (excludes halogenated alkanes) is 4. The predicted octanol–water partition coefficient (Wildman–Crippen LogP) is 4.83. The van der Waals surface area contributed by atoms with Gasteiger partial charge in [-0.3, -0.25) is 9.59 Å². The number of aliphatic carboxylic acids is 1. The van der Waals surface area contributed by atoms with E-state index in [0.717, 1.165) is 57.8 Å². The fraction of sp³-hybridized carbons (Fsp3) is 0.667. The number of carboxylic acids is 1. The summed E-state index contributed by atoms with van der Waals surface area (Å²) in [7, 11) is 0. The van der Waals surface area contributed by atoms with Gasteiger partial charge in [-0.05, 0) is 83.3 Å². The van der Waals surface area contributed by atoms with Crippen LogP contribution in [0, 0.1) is 5.41 Å². The molecule has 1 aliphatic carbocycles. The summed E-state index contributed by atoms with van der Waals surface area (Å²) < 4.78 is 5.14. The number of carbonyl (C=O) groups excluding carboxylic acids is 1. The van der Waals surface area contributed by atoms with Crippen molar-refractivity contribution in [2.24, 2.45) is 5.41 Å². The van der Waals surface area contributed by atoms with Crippen LogP contribution in [0.15, 0.2) is 6.07 Å². The molecule has 0 radical (unpaired) electrons. The first kappa shape index (κ1) is 24.8. The molecule has 1 aromatic rings. The zero-order valence-electron chi connectivity index (χ0n) is 18.7. The molecule has 1 fully saturated rings. The minimum atomic E-state index is -0.804. The number of carboxylic acid groups (broad SMARTS) is 1. The maximum Gasteiger partial charge on any atom is 0.309 e. The van der Waals surface area contributed by atoms with Crippen LogP contribution in [0.3, 0.4) is 0 Å². The highest BCUT2D eigenvalue weighted by atomic mass is 16.5. The van der Waals surface area contributed by atoms with Gasteiger partial charge >= 0.3 is 5.97 Å². The van der Waals surface area contributed by atoms with E-state index in [0.29, 0.717) is 36.9 Å². The number of rotatable bonds is 15. The number of hydrogen-bond acceptors (Lipinski definition) is 6. The first-order valence-electron chi connectivity index (χ1n) is 11.2. The third kappa shape index (κ3) is 7.04. The molecule has 7 heteroatoms. The van der Waals surface area contributed by atoms with Gasteiger partial charge in [0.1, 0.15) is 11.4 Å². The van der Waals surface area contributed by atoms with Gasteiger partial charge in [-0.2, -0.15) is 0 Å². The number of carbonyl (C=O) groups is 2. The number of phenols is 3. The Morgan fingerprint density at radius 1 is 1.03 bits per heavy atom. The standard InChI is InChI=1S/C24H36O7/c1-23(2,22(29)30)11-7-3-5-9-17-15-19(26)21(28)18(20(17)27)10-6-4-8-12-24(13-14-24)31-16-25/h15-16,26-28H,3-14H2,1-2H3,(H,29,30). The molecule has 31 heavy (non-hydrogen) atoms. The van der Waals surface area contributed by atoms with Crippen LogP contribution >= 0.6 is 0 Å². The minimum absolute atomic E-state index is 0.0316. The van der Waals surface area contributed by atoms with Gasteiger partial charge in [0.25, 0.3) is 6.47 Å². The van der Waals surface area contributed by atoms with E-state index in [1.165, 1.54) is 6.07 Å². The van der Waals surface area contributed by atoms with Gasteiger partial charge in [-0.15, -0.1) is 0 Å². The van der Waals surface area contributed by atoms with E-state index in [1.54, 1.807) is 13.8 Å². The van der Waals surface area contributed by atoms with E-state index in [1.807, 2.05) is 0 Å². The van der Waals surface area contributed by atoms with Gasteiger partial charge in [0, 0.05) is 5.56 Å². The number of benzene rings is 1. The van der Waals surface area contributed by atoms with Gasteiger partial charge in [0.05, 0.1) is 5.41 Å².